The van der Waals surface area contributed by atoms with Crippen LogP contribution in [0.15, 0.2) is 66.7 Å². The molecule has 0 saturated heterocycles. The molecule has 3 aromatic rings. The average molecular weight is 408 g/mol. The summed E-state index contributed by atoms with van der Waals surface area (Å²) in [5.74, 6) is 0.0625. The van der Waals surface area contributed by atoms with Crippen molar-refractivity contribution in [3.8, 4) is 11.5 Å². The van der Waals surface area contributed by atoms with Crippen molar-refractivity contribution in [1.82, 2.24) is 0 Å². The van der Waals surface area contributed by atoms with Crippen molar-refractivity contribution in [1.29, 1.82) is 0 Å². The first kappa shape index (κ1) is 19.9. The molecule has 5 nitrogen and oxygen atoms in total. The Labute approximate surface area is 174 Å². The Morgan fingerprint density at radius 1 is 1.10 bits per heavy atom. The van der Waals surface area contributed by atoms with Crippen LogP contribution in [0, 0.1) is 12.7 Å². The molecule has 1 heterocycles. The van der Waals surface area contributed by atoms with E-state index in [1.165, 1.54) is 12.1 Å². The standard InChI is InChI=1S/C24H21FO5/c1-16-6-5-9-21(10-16)27-15-22(26)28-13-18-11-20(25)12-19-14-29-24(30-23(18)19)17-7-3-2-4-8-17/h2-12,24H,13-15H2,1H3/t24-/m1/s1. The highest BCUT2D eigenvalue weighted by atomic mass is 19.1. The van der Waals surface area contributed by atoms with Crippen LogP contribution in [-0.2, 0) is 27.5 Å². The van der Waals surface area contributed by atoms with Crippen LogP contribution in [-0.4, -0.2) is 12.6 Å². The molecule has 1 aliphatic rings. The summed E-state index contributed by atoms with van der Waals surface area (Å²) in [5, 5.41) is 0. The molecule has 0 bridgehead atoms. The fourth-order valence-corrected chi connectivity index (χ4v) is 3.21. The van der Waals surface area contributed by atoms with Gasteiger partial charge in [0.2, 0.25) is 6.29 Å². The van der Waals surface area contributed by atoms with Crippen LogP contribution in [0.25, 0.3) is 0 Å². The summed E-state index contributed by atoms with van der Waals surface area (Å²) in [7, 11) is 0. The first-order chi connectivity index (χ1) is 14.6. The van der Waals surface area contributed by atoms with Crippen molar-refractivity contribution in [2.24, 2.45) is 0 Å². The Kier molecular flexibility index (Phi) is 5.95. The third-order valence-electron chi connectivity index (χ3n) is 4.63. The van der Waals surface area contributed by atoms with Gasteiger partial charge in [-0.25, -0.2) is 9.18 Å². The SMILES string of the molecule is Cc1cccc(OCC(=O)OCc2cc(F)cc3c2O[C@H](c2ccccc2)OC3)c1. The van der Waals surface area contributed by atoms with E-state index < -0.39 is 18.1 Å². The van der Waals surface area contributed by atoms with E-state index >= 15 is 0 Å². The molecule has 0 radical (unpaired) electrons. The van der Waals surface area contributed by atoms with Crippen molar-refractivity contribution in [3.63, 3.8) is 0 Å². The first-order valence-corrected chi connectivity index (χ1v) is 9.58. The molecule has 0 spiro atoms. The van der Waals surface area contributed by atoms with Crippen LogP contribution in [0.3, 0.4) is 0 Å². The van der Waals surface area contributed by atoms with Gasteiger partial charge in [-0.1, -0.05) is 42.5 Å². The minimum Gasteiger partial charge on any atom is -0.482 e. The lowest BCUT2D eigenvalue weighted by Gasteiger charge is -2.28. The second-order valence-corrected chi connectivity index (χ2v) is 6.99. The van der Waals surface area contributed by atoms with Gasteiger partial charge >= 0.3 is 5.97 Å². The third kappa shape index (κ3) is 4.78. The van der Waals surface area contributed by atoms with Gasteiger partial charge in [-0.05, 0) is 36.8 Å². The number of fused-ring (bicyclic) bond motifs is 1. The Morgan fingerprint density at radius 2 is 1.93 bits per heavy atom. The summed E-state index contributed by atoms with van der Waals surface area (Å²) in [5.41, 5.74) is 2.89. The number of halogens is 1. The van der Waals surface area contributed by atoms with Crippen LogP contribution in [0.2, 0.25) is 0 Å². The van der Waals surface area contributed by atoms with E-state index in [9.17, 15) is 9.18 Å². The number of carbonyl (C=O) groups excluding carboxylic acids is 1. The topological polar surface area (TPSA) is 54.0 Å². The molecule has 154 valence electrons. The van der Waals surface area contributed by atoms with Crippen molar-refractivity contribution in [3.05, 3.63) is 94.8 Å². The number of esters is 1. The number of carbonyl (C=O) groups is 1. The number of aryl methyl sites for hydroxylation is 1. The van der Waals surface area contributed by atoms with Gasteiger partial charge < -0.3 is 18.9 Å². The van der Waals surface area contributed by atoms with Crippen LogP contribution >= 0.6 is 0 Å². The van der Waals surface area contributed by atoms with E-state index in [2.05, 4.69) is 0 Å². The van der Waals surface area contributed by atoms with Gasteiger partial charge in [0.15, 0.2) is 6.61 Å². The largest absolute Gasteiger partial charge is 0.482 e. The number of hydrogen-bond donors (Lipinski definition) is 0. The summed E-state index contributed by atoms with van der Waals surface area (Å²) >= 11 is 0. The molecular formula is C24H21FO5. The Morgan fingerprint density at radius 3 is 2.73 bits per heavy atom. The van der Waals surface area contributed by atoms with Gasteiger partial charge in [0.05, 0.1) is 6.61 Å². The van der Waals surface area contributed by atoms with Gasteiger partial charge in [0, 0.05) is 16.7 Å². The Hall–Kier alpha value is -3.38. The van der Waals surface area contributed by atoms with E-state index in [0.717, 1.165) is 11.1 Å². The molecular weight excluding hydrogens is 387 g/mol. The molecule has 1 aliphatic heterocycles. The van der Waals surface area contributed by atoms with Crippen molar-refractivity contribution < 1.29 is 28.1 Å². The summed E-state index contributed by atoms with van der Waals surface area (Å²) in [4.78, 5) is 12.1. The number of rotatable bonds is 6. The zero-order valence-corrected chi connectivity index (χ0v) is 16.5. The molecule has 0 aliphatic carbocycles. The summed E-state index contributed by atoms with van der Waals surface area (Å²) in [6.45, 7) is 1.77. The lowest BCUT2D eigenvalue weighted by Crippen LogP contribution is -2.20. The molecule has 0 saturated carbocycles. The van der Waals surface area contributed by atoms with Crippen molar-refractivity contribution >= 4 is 5.97 Å². The maximum absolute atomic E-state index is 14.0. The molecule has 0 aromatic heterocycles. The Bertz CT molecular complexity index is 1040. The molecule has 0 amide bonds. The quantitative estimate of drug-likeness (QED) is 0.545. The molecule has 6 heteroatoms. The minimum absolute atomic E-state index is 0.127. The monoisotopic (exact) mass is 408 g/mol. The second-order valence-electron chi connectivity index (χ2n) is 6.99. The minimum atomic E-state index is -0.608. The van der Waals surface area contributed by atoms with Gasteiger partial charge in [-0.3, -0.25) is 0 Å². The fraction of sp³-hybridized carbons (Fsp3) is 0.208. The van der Waals surface area contributed by atoms with Crippen LogP contribution in [0.5, 0.6) is 11.5 Å². The molecule has 1 atom stereocenters. The zero-order chi connectivity index (χ0) is 20.9. The van der Waals surface area contributed by atoms with Crippen LogP contribution < -0.4 is 9.47 Å². The lowest BCUT2D eigenvalue weighted by molar-refractivity contribution is -0.147. The predicted molar refractivity (Wildman–Crippen MR) is 107 cm³/mol. The third-order valence-corrected chi connectivity index (χ3v) is 4.63. The first-order valence-electron chi connectivity index (χ1n) is 9.58. The number of benzene rings is 3. The summed E-state index contributed by atoms with van der Waals surface area (Å²) in [6, 6.07) is 19.5. The maximum Gasteiger partial charge on any atom is 0.344 e. The maximum atomic E-state index is 14.0. The highest BCUT2D eigenvalue weighted by Crippen LogP contribution is 2.36. The van der Waals surface area contributed by atoms with Gasteiger partial charge in [0.25, 0.3) is 0 Å². The van der Waals surface area contributed by atoms with E-state index in [1.54, 1.807) is 6.07 Å². The molecule has 4 rings (SSSR count). The van der Waals surface area contributed by atoms with E-state index in [1.807, 2.05) is 55.5 Å². The van der Waals surface area contributed by atoms with E-state index in [-0.39, 0.29) is 19.8 Å². The zero-order valence-electron chi connectivity index (χ0n) is 16.5. The van der Waals surface area contributed by atoms with E-state index in [0.29, 0.717) is 22.6 Å². The molecule has 0 fully saturated rings. The number of hydrogen-bond acceptors (Lipinski definition) is 5. The Balaban J connectivity index is 1.42. The molecule has 3 aromatic carbocycles. The van der Waals surface area contributed by atoms with E-state index in [4.69, 9.17) is 18.9 Å². The predicted octanol–water partition coefficient (Wildman–Crippen LogP) is 4.86. The smallest absolute Gasteiger partial charge is 0.344 e. The molecule has 0 unspecified atom stereocenters. The normalized spacial score (nSPS) is 15.1. The van der Waals surface area contributed by atoms with Crippen LogP contribution in [0.4, 0.5) is 4.39 Å². The number of ether oxygens (including phenoxy) is 4. The molecule has 30 heavy (non-hydrogen) atoms. The second kappa shape index (κ2) is 8.97. The van der Waals surface area contributed by atoms with Crippen molar-refractivity contribution in [2.45, 2.75) is 26.4 Å². The van der Waals surface area contributed by atoms with Crippen molar-refractivity contribution in [2.75, 3.05) is 6.61 Å². The van der Waals surface area contributed by atoms with Gasteiger partial charge in [-0.15, -0.1) is 0 Å². The highest BCUT2D eigenvalue weighted by Gasteiger charge is 2.25. The van der Waals surface area contributed by atoms with Gasteiger partial charge in [0.1, 0.15) is 23.9 Å². The highest BCUT2D eigenvalue weighted by molar-refractivity contribution is 5.71. The molecule has 0 N–H and O–H groups in total. The average Bonchev–Trinajstić information content (AvgIpc) is 2.76. The summed E-state index contributed by atoms with van der Waals surface area (Å²) < 4.78 is 36.4. The van der Waals surface area contributed by atoms with Gasteiger partial charge in [-0.2, -0.15) is 0 Å². The lowest BCUT2D eigenvalue weighted by atomic mass is 10.1. The summed E-state index contributed by atoms with van der Waals surface area (Å²) in [6.07, 6.45) is -0.608. The van der Waals surface area contributed by atoms with Crippen LogP contribution in [0.1, 0.15) is 28.5 Å². The fourth-order valence-electron chi connectivity index (χ4n) is 3.21.